The molecule has 0 aromatic heterocycles. The van der Waals surface area contributed by atoms with Crippen molar-refractivity contribution in [1.82, 2.24) is 5.32 Å². The van der Waals surface area contributed by atoms with E-state index in [1.807, 2.05) is 13.0 Å². The topological polar surface area (TPSA) is 38.3 Å². The van der Waals surface area contributed by atoms with Gasteiger partial charge in [-0.2, -0.15) is 0 Å². The maximum atomic E-state index is 11.0. The van der Waals surface area contributed by atoms with Crippen LogP contribution in [0, 0.1) is 0 Å². The van der Waals surface area contributed by atoms with Crippen LogP contribution in [-0.2, 0) is 4.74 Å². The van der Waals surface area contributed by atoms with Crippen molar-refractivity contribution in [2.45, 2.75) is 40.5 Å². The summed E-state index contributed by atoms with van der Waals surface area (Å²) in [7, 11) is 0. The lowest BCUT2D eigenvalue weighted by Crippen LogP contribution is -2.23. The summed E-state index contributed by atoms with van der Waals surface area (Å²) in [6.07, 6.45) is 5.88. The fourth-order valence-corrected chi connectivity index (χ4v) is 1.15. The van der Waals surface area contributed by atoms with Crippen LogP contribution in [0.3, 0.4) is 0 Å². The molecule has 0 spiro atoms. The summed E-state index contributed by atoms with van der Waals surface area (Å²) in [6, 6.07) is 0. The number of nitrogens with one attached hydrogen (secondary N) is 1. The average Bonchev–Trinajstić information content (AvgIpc) is 2.17. The molecule has 0 aliphatic rings. The minimum absolute atomic E-state index is 0.351. The molecular formula is C13H23NO2. The Balaban J connectivity index is 3.70. The minimum atomic E-state index is -0.351. The van der Waals surface area contributed by atoms with E-state index in [9.17, 15) is 4.79 Å². The van der Waals surface area contributed by atoms with E-state index in [2.05, 4.69) is 32.2 Å². The van der Waals surface area contributed by atoms with Gasteiger partial charge in [-0.15, -0.1) is 0 Å². The molecule has 0 aliphatic carbocycles. The Labute approximate surface area is 98.6 Å². The molecule has 0 atom stereocenters. The second-order valence-corrected chi connectivity index (χ2v) is 4.00. The predicted octanol–water partition coefficient (Wildman–Crippen LogP) is 3.43. The van der Waals surface area contributed by atoms with Gasteiger partial charge in [0.25, 0.3) is 0 Å². The molecule has 1 amide bonds. The zero-order valence-electron chi connectivity index (χ0n) is 10.8. The largest absolute Gasteiger partial charge is 0.445 e. The molecule has 0 saturated heterocycles. The van der Waals surface area contributed by atoms with E-state index in [-0.39, 0.29) is 6.09 Å². The van der Waals surface area contributed by atoms with E-state index < -0.39 is 0 Å². The number of carbonyl (C=O) groups excluding carboxylic acids is 1. The van der Waals surface area contributed by atoms with Gasteiger partial charge in [0.1, 0.15) is 6.61 Å². The number of carbonyl (C=O) groups is 1. The number of ether oxygens (including phenoxy) is 1. The third kappa shape index (κ3) is 9.31. The van der Waals surface area contributed by atoms with Gasteiger partial charge >= 0.3 is 6.09 Å². The minimum Gasteiger partial charge on any atom is -0.445 e. The smallest absolute Gasteiger partial charge is 0.407 e. The monoisotopic (exact) mass is 225 g/mol. The Bertz CT molecular complexity index is 263. The van der Waals surface area contributed by atoms with Gasteiger partial charge in [-0.05, 0) is 46.6 Å². The summed E-state index contributed by atoms with van der Waals surface area (Å²) in [4.78, 5) is 11.0. The Morgan fingerprint density at radius 2 is 1.94 bits per heavy atom. The molecule has 0 heterocycles. The van der Waals surface area contributed by atoms with Crippen molar-refractivity contribution in [2.75, 3.05) is 13.2 Å². The first kappa shape index (κ1) is 14.8. The summed E-state index contributed by atoms with van der Waals surface area (Å²) >= 11 is 0. The van der Waals surface area contributed by atoms with Crippen molar-refractivity contribution in [3.63, 3.8) is 0 Å². The van der Waals surface area contributed by atoms with Crippen molar-refractivity contribution >= 4 is 6.09 Å². The maximum absolute atomic E-state index is 11.0. The van der Waals surface area contributed by atoms with Crippen molar-refractivity contribution in [3.8, 4) is 0 Å². The van der Waals surface area contributed by atoms with E-state index in [1.165, 1.54) is 11.1 Å². The standard InChI is InChI=1S/C13H23NO2/c1-5-14-13(15)16-10-9-12(4)8-6-7-11(2)3/h7,9H,5-6,8,10H2,1-4H3,(H,14,15)/b12-9+. The predicted molar refractivity (Wildman–Crippen MR) is 67.4 cm³/mol. The first-order chi connectivity index (χ1) is 7.56. The average molecular weight is 225 g/mol. The Hall–Kier alpha value is -1.25. The molecule has 0 fully saturated rings. The van der Waals surface area contributed by atoms with E-state index in [1.54, 1.807) is 0 Å². The molecule has 0 saturated carbocycles. The molecule has 16 heavy (non-hydrogen) atoms. The molecule has 1 N–H and O–H groups in total. The molecular weight excluding hydrogens is 202 g/mol. The number of amides is 1. The van der Waals surface area contributed by atoms with Crippen LogP contribution in [0.2, 0.25) is 0 Å². The molecule has 0 unspecified atom stereocenters. The molecule has 3 nitrogen and oxygen atoms in total. The number of hydrogen-bond acceptors (Lipinski definition) is 2. The molecule has 92 valence electrons. The second kappa shape index (κ2) is 9.01. The fourth-order valence-electron chi connectivity index (χ4n) is 1.15. The van der Waals surface area contributed by atoms with E-state index >= 15 is 0 Å². The van der Waals surface area contributed by atoms with Crippen LogP contribution in [0.5, 0.6) is 0 Å². The SMILES string of the molecule is CCNC(=O)OC/C=C(\C)CCC=C(C)C. The van der Waals surface area contributed by atoms with Crippen LogP contribution in [0.25, 0.3) is 0 Å². The fraction of sp³-hybridized carbons (Fsp3) is 0.615. The van der Waals surface area contributed by atoms with Crippen LogP contribution < -0.4 is 5.32 Å². The van der Waals surface area contributed by atoms with Crippen LogP contribution >= 0.6 is 0 Å². The van der Waals surface area contributed by atoms with Gasteiger partial charge in [-0.25, -0.2) is 4.79 Å². The van der Waals surface area contributed by atoms with Crippen molar-refractivity contribution in [3.05, 3.63) is 23.3 Å². The molecule has 0 radical (unpaired) electrons. The van der Waals surface area contributed by atoms with Gasteiger partial charge in [-0.1, -0.05) is 17.2 Å². The van der Waals surface area contributed by atoms with Crippen LogP contribution in [-0.4, -0.2) is 19.2 Å². The number of alkyl carbamates (subject to hydrolysis) is 1. The van der Waals surface area contributed by atoms with Crippen LogP contribution in [0.1, 0.15) is 40.5 Å². The summed E-state index contributed by atoms with van der Waals surface area (Å²) < 4.78 is 4.94. The van der Waals surface area contributed by atoms with Gasteiger partial charge in [0.05, 0.1) is 0 Å². The number of allylic oxidation sites excluding steroid dienone is 3. The molecule has 0 aromatic rings. The van der Waals surface area contributed by atoms with Gasteiger partial charge in [0.2, 0.25) is 0 Å². The summed E-state index contributed by atoms with van der Waals surface area (Å²) in [5.41, 5.74) is 2.59. The van der Waals surface area contributed by atoms with Crippen molar-refractivity contribution in [1.29, 1.82) is 0 Å². The van der Waals surface area contributed by atoms with E-state index in [4.69, 9.17) is 4.74 Å². The first-order valence-electron chi connectivity index (χ1n) is 5.75. The highest BCUT2D eigenvalue weighted by molar-refractivity contribution is 5.67. The summed E-state index contributed by atoms with van der Waals surface area (Å²) in [5, 5.41) is 2.58. The van der Waals surface area contributed by atoms with Gasteiger partial charge in [0, 0.05) is 6.54 Å². The molecule has 0 rings (SSSR count). The van der Waals surface area contributed by atoms with Gasteiger partial charge < -0.3 is 10.1 Å². The quantitative estimate of drug-likeness (QED) is 0.703. The summed E-state index contributed by atoms with van der Waals surface area (Å²) in [5.74, 6) is 0. The lowest BCUT2D eigenvalue weighted by Gasteiger charge is -2.03. The Morgan fingerprint density at radius 3 is 2.50 bits per heavy atom. The normalized spacial score (nSPS) is 10.9. The zero-order chi connectivity index (χ0) is 12.4. The molecule has 0 aromatic carbocycles. The number of hydrogen-bond donors (Lipinski definition) is 1. The highest BCUT2D eigenvalue weighted by Crippen LogP contribution is 2.06. The Kier molecular flexibility index (Phi) is 8.31. The lowest BCUT2D eigenvalue weighted by atomic mass is 10.1. The zero-order valence-corrected chi connectivity index (χ0v) is 10.8. The lowest BCUT2D eigenvalue weighted by molar-refractivity contribution is 0.158. The molecule has 3 heteroatoms. The number of rotatable bonds is 6. The third-order valence-corrected chi connectivity index (χ3v) is 2.06. The third-order valence-electron chi connectivity index (χ3n) is 2.06. The van der Waals surface area contributed by atoms with E-state index in [0.717, 1.165) is 12.8 Å². The second-order valence-electron chi connectivity index (χ2n) is 4.00. The molecule has 0 bridgehead atoms. The highest BCUT2D eigenvalue weighted by atomic mass is 16.5. The highest BCUT2D eigenvalue weighted by Gasteiger charge is 1.96. The first-order valence-corrected chi connectivity index (χ1v) is 5.75. The van der Waals surface area contributed by atoms with E-state index in [0.29, 0.717) is 13.2 Å². The Morgan fingerprint density at radius 1 is 1.25 bits per heavy atom. The van der Waals surface area contributed by atoms with Crippen LogP contribution in [0.4, 0.5) is 4.79 Å². The summed E-state index contributed by atoms with van der Waals surface area (Å²) in [6.45, 7) is 9.06. The van der Waals surface area contributed by atoms with Crippen molar-refractivity contribution < 1.29 is 9.53 Å². The van der Waals surface area contributed by atoms with Crippen LogP contribution in [0.15, 0.2) is 23.3 Å². The van der Waals surface area contributed by atoms with Crippen molar-refractivity contribution in [2.24, 2.45) is 0 Å². The van der Waals surface area contributed by atoms with Gasteiger partial charge in [-0.3, -0.25) is 0 Å². The van der Waals surface area contributed by atoms with Gasteiger partial charge in [0.15, 0.2) is 0 Å². The molecule has 0 aliphatic heterocycles. The maximum Gasteiger partial charge on any atom is 0.407 e.